The molecule has 0 radical (unpaired) electrons. The molecule has 0 aliphatic rings. The van der Waals surface area contributed by atoms with Gasteiger partial charge in [0.05, 0.1) is 7.11 Å². The molecule has 0 spiro atoms. The molecule has 32 heavy (non-hydrogen) atoms. The van der Waals surface area contributed by atoms with Crippen molar-refractivity contribution in [2.75, 3.05) is 30.4 Å². The molecule has 0 saturated carbocycles. The van der Waals surface area contributed by atoms with E-state index >= 15 is 0 Å². The van der Waals surface area contributed by atoms with Crippen LogP contribution in [0.25, 0.3) is 0 Å². The standard InChI is InChI=1S/C25H26FN3O3/c1-32-23-14-10-21(11-15-23)28-25(31)29(22-12-8-20(26)9-13-22)18-17-27-24(30)16-7-19-5-3-2-4-6-19/h2-6,8-15H,7,16-18H2,1H3,(H,27,30)(H,28,31). The minimum absolute atomic E-state index is 0.0940. The number of nitrogens with one attached hydrogen (secondary N) is 2. The molecule has 0 aromatic heterocycles. The first kappa shape index (κ1) is 22.8. The van der Waals surface area contributed by atoms with Crippen molar-refractivity contribution in [1.29, 1.82) is 0 Å². The molecule has 3 aromatic carbocycles. The second kappa shape index (κ2) is 11.5. The predicted molar refractivity (Wildman–Crippen MR) is 124 cm³/mol. The molecule has 0 aliphatic heterocycles. The van der Waals surface area contributed by atoms with Crippen LogP contribution in [0.2, 0.25) is 0 Å². The number of carbonyl (C=O) groups excluding carboxylic acids is 2. The van der Waals surface area contributed by atoms with Crippen LogP contribution in [0.3, 0.4) is 0 Å². The largest absolute Gasteiger partial charge is 0.497 e. The normalized spacial score (nSPS) is 10.3. The van der Waals surface area contributed by atoms with Gasteiger partial charge in [0.1, 0.15) is 11.6 Å². The maximum Gasteiger partial charge on any atom is 0.326 e. The maximum absolute atomic E-state index is 13.4. The van der Waals surface area contributed by atoms with Crippen LogP contribution < -0.4 is 20.3 Å². The van der Waals surface area contributed by atoms with Crippen LogP contribution in [-0.2, 0) is 11.2 Å². The van der Waals surface area contributed by atoms with E-state index in [1.165, 1.54) is 29.2 Å². The first-order valence-corrected chi connectivity index (χ1v) is 10.3. The summed E-state index contributed by atoms with van der Waals surface area (Å²) in [6, 6.07) is 22.0. The summed E-state index contributed by atoms with van der Waals surface area (Å²) < 4.78 is 18.5. The van der Waals surface area contributed by atoms with E-state index in [0.717, 1.165) is 5.56 Å². The van der Waals surface area contributed by atoms with Crippen LogP contribution in [0.5, 0.6) is 5.75 Å². The van der Waals surface area contributed by atoms with Gasteiger partial charge in [-0.1, -0.05) is 30.3 Å². The Labute approximate surface area is 187 Å². The minimum atomic E-state index is -0.390. The Morgan fingerprint density at radius 3 is 2.28 bits per heavy atom. The lowest BCUT2D eigenvalue weighted by Gasteiger charge is -2.23. The van der Waals surface area contributed by atoms with E-state index in [2.05, 4.69) is 10.6 Å². The number of nitrogens with zero attached hydrogens (tertiary/aromatic N) is 1. The number of ether oxygens (including phenoxy) is 1. The molecule has 0 aliphatic carbocycles. The van der Waals surface area contributed by atoms with Gasteiger partial charge in [0.25, 0.3) is 0 Å². The number of rotatable bonds is 9. The molecule has 0 fully saturated rings. The fraction of sp³-hybridized carbons (Fsp3) is 0.200. The fourth-order valence-electron chi connectivity index (χ4n) is 3.13. The van der Waals surface area contributed by atoms with E-state index in [9.17, 15) is 14.0 Å². The highest BCUT2D eigenvalue weighted by atomic mass is 19.1. The van der Waals surface area contributed by atoms with Gasteiger partial charge < -0.3 is 15.4 Å². The van der Waals surface area contributed by atoms with E-state index in [1.54, 1.807) is 31.4 Å². The third kappa shape index (κ3) is 6.84. The van der Waals surface area contributed by atoms with Gasteiger partial charge in [-0.15, -0.1) is 0 Å². The second-order valence-electron chi connectivity index (χ2n) is 7.12. The number of methoxy groups -OCH3 is 1. The van der Waals surface area contributed by atoms with E-state index in [1.807, 2.05) is 30.3 Å². The Bertz CT molecular complexity index is 1010. The molecular weight excluding hydrogens is 409 g/mol. The summed E-state index contributed by atoms with van der Waals surface area (Å²) in [6.45, 7) is 0.492. The molecule has 0 unspecified atom stereocenters. The monoisotopic (exact) mass is 435 g/mol. The molecule has 0 heterocycles. The first-order chi connectivity index (χ1) is 15.5. The Morgan fingerprint density at radius 1 is 0.938 bits per heavy atom. The molecule has 3 aromatic rings. The van der Waals surface area contributed by atoms with Gasteiger partial charge in [0, 0.05) is 30.9 Å². The molecule has 166 valence electrons. The van der Waals surface area contributed by atoms with Crippen molar-refractivity contribution in [3.05, 3.63) is 90.2 Å². The molecule has 6 nitrogen and oxygen atoms in total. The number of halogens is 1. The average Bonchev–Trinajstić information content (AvgIpc) is 2.82. The van der Waals surface area contributed by atoms with Crippen molar-refractivity contribution in [3.8, 4) is 5.75 Å². The van der Waals surface area contributed by atoms with Crippen LogP contribution in [0, 0.1) is 5.82 Å². The third-order valence-electron chi connectivity index (χ3n) is 4.87. The average molecular weight is 435 g/mol. The summed E-state index contributed by atoms with van der Waals surface area (Å²) in [4.78, 5) is 26.6. The number of carbonyl (C=O) groups is 2. The van der Waals surface area contributed by atoms with Crippen molar-refractivity contribution in [2.45, 2.75) is 12.8 Å². The number of aryl methyl sites for hydroxylation is 1. The summed E-state index contributed by atoms with van der Waals surface area (Å²) in [6.07, 6.45) is 1.00. The highest BCUT2D eigenvalue weighted by molar-refractivity contribution is 6.01. The third-order valence-corrected chi connectivity index (χ3v) is 4.87. The Hall–Kier alpha value is -3.87. The van der Waals surface area contributed by atoms with Crippen LogP contribution in [0.4, 0.5) is 20.6 Å². The number of anilines is 2. The molecular formula is C25H26FN3O3. The number of benzene rings is 3. The van der Waals surface area contributed by atoms with E-state index in [-0.39, 0.29) is 25.0 Å². The molecule has 0 bridgehead atoms. The SMILES string of the molecule is COc1ccc(NC(=O)N(CCNC(=O)CCc2ccccc2)c2ccc(F)cc2)cc1. The smallest absolute Gasteiger partial charge is 0.326 e. The van der Waals surface area contributed by atoms with Gasteiger partial charge in [-0.2, -0.15) is 0 Å². The van der Waals surface area contributed by atoms with E-state index in [4.69, 9.17) is 4.74 Å². The number of urea groups is 1. The van der Waals surface area contributed by atoms with Gasteiger partial charge in [-0.05, 0) is 60.5 Å². The molecule has 7 heteroatoms. The van der Waals surface area contributed by atoms with Crippen molar-refractivity contribution < 1.29 is 18.7 Å². The van der Waals surface area contributed by atoms with Gasteiger partial charge in [0.2, 0.25) is 5.91 Å². The van der Waals surface area contributed by atoms with E-state index in [0.29, 0.717) is 30.0 Å². The highest BCUT2D eigenvalue weighted by Crippen LogP contribution is 2.19. The summed E-state index contributed by atoms with van der Waals surface area (Å²) in [5, 5.41) is 5.66. The Morgan fingerprint density at radius 2 is 1.62 bits per heavy atom. The fourth-order valence-corrected chi connectivity index (χ4v) is 3.13. The van der Waals surface area contributed by atoms with Crippen molar-refractivity contribution >= 4 is 23.3 Å². The van der Waals surface area contributed by atoms with Gasteiger partial charge in [-0.25, -0.2) is 9.18 Å². The highest BCUT2D eigenvalue weighted by Gasteiger charge is 2.16. The minimum Gasteiger partial charge on any atom is -0.497 e. The lowest BCUT2D eigenvalue weighted by molar-refractivity contribution is -0.121. The molecule has 0 atom stereocenters. The number of hydrogen-bond donors (Lipinski definition) is 2. The maximum atomic E-state index is 13.4. The van der Waals surface area contributed by atoms with Gasteiger partial charge in [0.15, 0.2) is 0 Å². The van der Waals surface area contributed by atoms with Crippen LogP contribution in [-0.4, -0.2) is 32.1 Å². The van der Waals surface area contributed by atoms with Crippen LogP contribution in [0.15, 0.2) is 78.9 Å². The zero-order valence-electron chi connectivity index (χ0n) is 17.9. The lowest BCUT2D eigenvalue weighted by Crippen LogP contribution is -2.41. The zero-order chi connectivity index (χ0) is 22.8. The number of hydrogen-bond acceptors (Lipinski definition) is 3. The van der Waals surface area contributed by atoms with Gasteiger partial charge >= 0.3 is 6.03 Å². The first-order valence-electron chi connectivity index (χ1n) is 10.3. The summed E-state index contributed by atoms with van der Waals surface area (Å²) in [7, 11) is 1.57. The Balaban J connectivity index is 1.59. The van der Waals surface area contributed by atoms with Crippen LogP contribution >= 0.6 is 0 Å². The van der Waals surface area contributed by atoms with E-state index < -0.39 is 5.82 Å². The summed E-state index contributed by atoms with van der Waals surface area (Å²) >= 11 is 0. The molecule has 2 N–H and O–H groups in total. The van der Waals surface area contributed by atoms with Crippen molar-refractivity contribution in [3.63, 3.8) is 0 Å². The molecule has 0 saturated heterocycles. The number of amides is 3. The van der Waals surface area contributed by atoms with Crippen molar-refractivity contribution in [2.24, 2.45) is 0 Å². The summed E-state index contributed by atoms with van der Waals surface area (Å²) in [5.74, 6) is 0.193. The van der Waals surface area contributed by atoms with Crippen molar-refractivity contribution in [1.82, 2.24) is 5.32 Å². The zero-order valence-corrected chi connectivity index (χ0v) is 17.9. The second-order valence-corrected chi connectivity index (χ2v) is 7.12. The lowest BCUT2D eigenvalue weighted by atomic mass is 10.1. The molecule has 3 rings (SSSR count). The van der Waals surface area contributed by atoms with Crippen LogP contribution in [0.1, 0.15) is 12.0 Å². The predicted octanol–water partition coefficient (Wildman–Crippen LogP) is 4.62. The Kier molecular flexibility index (Phi) is 8.20. The summed E-state index contributed by atoms with van der Waals surface area (Å²) in [5.41, 5.74) is 2.21. The molecule has 3 amide bonds. The van der Waals surface area contributed by atoms with Gasteiger partial charge in [-0.3, -0.25) is 9.69 Å². The quantitative estimate of drug-likeness (QED) is 0.515. The topological polar surface area (TPSA) is 70.7 Å².